The maximum Gasteiger partial charge on any atom is 0.243 e. The molecule has 2 aliphatic rings. The fourth-order valence-corrected chi connectivity index (χ4v) is 2.45. The Hall–Kier alpha value is -2.15. The van der Waals surface area contributed by atoms with Crippen LogP contribution in [0.4, 0.5) is 11.8 Å². The molecule has 0 saturated carbocycles. The Morgan fingerprint density at radius 2 is 2.14 bits per heavy atom. The second-order valence-corrected chi connectivity index (χ2v) is 5.13. The zero-order chi connectivity index (χ0) is 14.7. The number of amides is 1. The van der Waals surface area contributed by atoms with Gasteiger partial charge in [-0.15, -0.1) is 0 Å². The van der Waals surface area contributed by atoms with Gasteiger partial charge in [0.05, 0.1) is 19.3 Å². The van der Waals surface area contributed by atoms with Gasteiger partial charge in [0, 0.05) is 32.4 Å². The fourth-order valence-electron chi connectivity index (χ4n) is 2.45. The maximum atomic E-state index is 11.2. The van der Waals surface area contributed by atoms with E-state index in [9.17, 15) is 4.79 Å². The molecule has 0 spiro atoms. The molecule has 7 nitrogen and oxygen atoms in total. The molecule has 3 heterocycles. The first-order valence-corrected chi connectivity index (χ1v) is 7.10. The van der Waals surface area contributed by atoms with Gasteiger partial charge in [0.25, 0.3) is 0 Å². The van der Waals surface area contributed by atoms with E-state index in [2.05, 4.69) is 31.7 Å². The van der Waals surface area contributed by atoms with E-state index in [1.807, 2.05) is 6.07 Å². The van der Waals surface area contributed by atoms with Gasteiger partial charge in [-0.1, -0.05) is 6.58 Å². The Labute approximate surface area is 123 Å². The molecule has 1 amide bonds. The lowest BCUT2D eigenvalue weighted by Crippen LogP contribution is -2.59. The molecule has 2 fully saturated rings. The van der Waals surface area contributed by atoms with Crippen LogP contribution in [0.15, 0.2) is 24.9 Å². The standard InChI is InChI=1S/C14H19N5O2/c1-2-13(20)16-11-9-19(10-11)12-3-4-15-14(17-12)18-5-7-21-8-6-18/h2-4,11H,1,5-10H2,(H,16,20). The van der Waals surface area contributed by atoms with Crippen molar-refractivity contribution in [2.75, 3.05) is 49.2 Å². The summed E-state index contributed by atoms with van der Waals surface area (Å²) in [7, 11) is 0. The summed E-state index contributed by atoms with van der Waals surface area (Å²) in [5, 5.41) is 2.87. The van der Waals surface area contributed by atoms with Crippen LogP contribution in [0.3, 0.4) is 0 Å². The van der Waals surface area contributed by atoms with Gasteiger partial charge in [-0.2, -0.15) is 4.98 Å². The van der Waals surface area contributed by atoms with Crippen molar-refractivity contribution in [2.45, 2.75) is 6.04 Å². The van der Waals surface area contributed by atoms with E-state index < -0.39 is 0 Å². The van der Waals surface area contributed by atoms with Gasteiger partial charge in [0.15, 0.2) is 0 Å². The van der Waals surface area contributed by atoms with Crippen LogP contribution in [0.1, 0.15) is 0 Å². The minimum atomic E-state index is -0.128. The van der Waals surface area contributed by atoms with Crippen LogP contribution in [0.5, 0.6) is 0 Å². The first-order chi connectivity index (χ1) is 10.3. The van der Waals surface area contributed by atoms with E-state index in [-0.39, 0.29) is 11.9 Å². The highest BCUT2D eigenvalue weighted by Crippen LogP contribution is 2.20. The summed E-state index contributed by atoms with van der Waals surface area (Å²) in [5.41, 5.74) is 0. The third-order valence-electron chi connectivity index (χ3n) is 3.66. The van der Waals surface area contributed by atoms with Crippen molar-refractivity contribution in [1.29, 1.82) is 0 Å². The predicted molar refractivity (Wildman–Crippen MR) is 79.4 cm³/mol. The van der Waals surface area contributed by atoms with Gasteiger partial charge in [-0.05, 0) is 12.1 Å². The maximum absolute atomic E-state index is 11.2. The molecule has 1 N–H and O–H groups in total. The highest BCUT2D eigenvalue weighted by Gasteiger charge is 2.29. The lowest BCUT2D eigenvalue weighted by molar-refractivity contribution is -0.117. The number of carbonyl (C=O) groups is 1. The third kappa shape index (κ3) is 3.13. The van der Waals surface area contributed by atoms with Gasteiger partial charge >= 0.3 is 0 Å². The van der Waals surface area contributed by atoms with E-state index >= 15 is 0 Å². The van der Waals surface area contributed by atoms with Crippen LogP contribution < -0.4 is 15.1 Å². The van der Waals surface area contributed by atoms with Crippen molar-refractivity contribution < 1.29 is 9.53 Å². The largest absolute Gasteiger partial charge is 0.378 e. The van der Waals surface area contributed by atoms with Crippen LogP contribution >= 0.6 is 0 Å². The molecule has 2 saturated heterocycles. The van der Waals surface area contributed by atoms with Gasteiger partial charge in [0.2, 0.25) is 11.9 Å². The SMILES string of the molecule is C=CC(=O)NC1CN(c2ccnc(N3CCOCC3)n2)C1. The summed E-state index contributed by atoms with van der Waals surface area (Å²) in [5.74, 6) is 1.52. The van der Waals surface area contributed by atoms with Gasteiger partial charge in [-0.25, -0.2) is 4.98 Å². The second kappa shape index (κ2) is 6.09. The number of rotatable bonds is 4. The summed E-state index contributed by atoms with van der Waals surface area (Å²) < 4.78 is 5.34. The third-order valence-corrected chi connectivity index (χ3v) is 3.66. The molecular weight excluding hydrogens is 270 g/mol. The average Bonchev–Trinajstić information content (AvgIpc) is 2.51. The first kappa shape index (κ1) is 13.8. The smallest absolute Gasteiger partial charge is 0.243 e. The Kier molecular flexibility index (Phi) is 4.01. The molecule has 0 bridgehead atoms. The summed E-state index contributed by atoms with van der Waals surface area (Å²) in [6.45, 7) is 8.05. The van der Waals surface area contributed by atoms with Crippen LogP contribution in [0.2, 0.25) is 0 Å². The van der Waals surface area contributed by atoms with Crippen molar-refractivity contribution in [1.82, 2.24) is 15.3 Å². The number of morpholine rings is 1. The minimum absolute atomic E-state index is 0.128. The Balaban J connectivity index is 1.59. The van der Waals surface area contributed by atoms with Crippen molar-refractivity contribution in [3.8, 4) is 0 Å². The molecule has 112 valence electrons. The lowest BCUT2D eigenvalue weighted by atomic mass is 10.1. The highest BCUT2D eigenvalue weighted by molar-refractivity contribution is 5.87. The zero-order valence-electron chi connectivity index (χ0n) is 11.9. The average molecular weight is 289 g/mol. The molecule has 21 heavy (non-hydrogen) atoms. The summed E-state index contributed by atoms with van der Waals surface area (Å²) in [6, 6.07) is 2.06. The number of carbonyl (C=O) groups excluding carboxylic acids is 1. The van der Waals surface area contributed by atoms with Crippen LogP contribution in [-0.2, 0) is 9.53 Å². The lowest BCUT2D eigenvalue weighted by Gasteiger charge is -2.40. The number of ether oxygens (including phenoxy) is 1. The number of aromatic nitrogens is 2. The number of nitrogens with zero attached hydrogens (tertiary/aromatic N) is 4. The molecule has 7 heteroatoms. The molecule has 1 aromatic rings. The van der Waals surface area contributed by atoms with E-state index in [1.54, 1.807) is 6.20 Å². The van der Waals surface area contributed by atoms with Crippen molar-refractivity contribution in [3.63, 3.8) is 0 Å². The quantitative estimate of drug-likeness (QED) is 0.774. The first-order valence-electron chi connectivity index (χ1n) is 7.10. The minimum Gasteiger partial charge on any atom is -0.378 e. The Bertz CT molecular complexity index is 524. The Morgan fingerprint density at radius 3 is 2.86 bits per heavy atom. The van der Waals surface area contributed by atoms with Crippen molar-refractivity contribution in [3.05, 3.63) is 24.9 Å². The summed E-state index contributed by atoms with van der Waals surface area (Å²) in [4.78, 5) is 24.4. The summed E-state index contributed by atoms with van der Waals surface area (Å²) in [6.07, 6.45) is 3.08. The van der Waals surface area contributed by atoms with Crippen LogP contribution in [-0.4, -0.2) is 61.3 Å². The van der Waals surface area contributed by atoms with Gasteiger partial charge in [-0.3, -0.25) is 4.79 Å². The molecule has 0 radical (unpaired) electrons. The van der Waals surface area contributed by atoms with Gasteiger partial charge < -0.3 is 19.9 Å². The molecule has 0 unspecified atom stereocenters. The molecule has 0 atom stereocenters. The van der Waals surface area contributed by atoms with E-state index in [4.69, 9.17) is 4.74 Å². The molecule has 2 aliphatic heterocycles. The van der Waals surface area contributed by atoms with Crippen LogP contribution in [0.25, 0.3) is 0 Å². The van der Waals surface area contributed by atoms with Gasteiger partial charge in [0.1, 0.15) is 5.82 Å². The second-order valence-electron chi connectivity index (χ2n) is 5.13. The monoisotopic (exact) mass is 289 g/mol. The van der Waals surface area contributed by atoms with Crippen molar-refractivity contribution >= 4 is 17.7 Å². The number of hydrogen-bond donors (Lipinski definition) is 1. The van der Waals surface area contributed by atoms with Crippen molar-refractivity contribution in [2.24, 2.45) is 0 Å². The molecular formula is C14H19N5O2. The highest BCUT2D eigenvalue weighted by atomic mass is 16.5. The molecule has 0 aliphatic carbocycles. The number of nitrogens with one attached hydrogen (secondary N) is 1. The Morgan fingerprint density at radius 1 is 1.38 bits per heavy atom. The molecule has 1 aromatic heterocycles. The van der Waals surface area contributed by atoms with E-state index in [0.29, 0.717) is 13.2 Å². The summed E-state index contributed by atoms with van der Waals surface area (Å²) >= 11 is 0. The predicted octanol–water partition coefficient (Wildman–Crippen LogP) is -0.196. The van der Waals surface area contributed by atoms with Crippen LogP contribution in [0, 0.1) is 0 Å². The fraction of sp³-hybridized carbons (Fsp3) is 0.500. The number of hydrogen-bond acceptors (Lipinski definition) is 6. The molecule has 3 rings (SSSR count). The normalized spacial score (nSPS) is 19.0. The molecule has 0 aromatic carbocycles. The van der Waals surface area contributed by atoms with E-state index in [1.165, 1.54) is 6.08 Å². The number of anilines is 2. The van der Waals surface area contributed by atoms with E-state index in [0.717, 1.165) is 37.9 Å². The zero-order valence-corrected chi connectivity index (χ0v) is 11.9. The topological polar surface area (TPSA) is 70.6 Å².